The number of aliphatic hydroxyl groups excluding tert-OH is 5. The smallest absolute Gasteiger partial charge is 0.333 e. The fraction of sp³-hybridized carbons (Fsp3) is 0.542. The van der Waals surface area contributed by atoms with E-state index in [4.69, 9.17) is 19.3 Å². The number of phenolic OH excluding ortho intramolecular Hbond substituents is 2. The monoisotopic (exact) mass is 498 g/mol. The number of esters is 1. The van der Waals surface area contributed by atoms with E-state index in [1.165, 1.54) is 31.2 Å². The molecule has 0 aliphatic carbocycles. The second-order valence-electron chi connectivity index (χ2n) is 8.33. The number of carbonyl (C=O) groups is 1. The van der Waals surface area contributed by atoms with E-state index in [1.807, 2.05) is 0 Å². The molecule has 35 heavy (non-hydrogen) atoms. The lowest BCUT2D eigenvalue weighted by Crippen LogP contribution is -2.59. The molecule has 11 heteroatoms. The van der Waals surface area contributed by atoms with Gasteiger partial charge in [0.1, 0.15) is 31.0 Å². The van der Waals surface area contributed by atoms with E-state index < -0.39 is 49.4 Å². The number of carbonyl (C=O) groups excluding carboxylic acids is 1. The highest BCUT2D eigenvalue weighted by Crippen LogP contribution is 2.26. The molecule has 1 aliphatic heterocycles. The first kappa shape index (κ1) is 28.7. The van der Waals surface area contributed by atoms with Crippen LogP contribution in [0.5, 0.6) is 11.5 Å². The molecule has 1 aliphatic rings. The van der Waals surface area contributed by atoms with E-state index >= 15 is 0 Å². The number of benzene rings is 1. The molecule has 1 fully saturated rings. The van der Waals surface area contributed by atoms with E-state index in [0.29, 0.717) is 17.6 Å². The Balaban J connectivity index is 1.89. The SMILES string of the molecule is CC(=CC[C@@H](O)C(C)=CCO)C(=O)OC[C@H]1O[C@@H](OCCc2ccc(O)c(O)c2)[C@H](O)[C@H](O)[C@H]1O. The van der Waals surface area contributed by atoms with Gasteiger partial charge in [-0.25, -0.2) is 4.79 Å². The van der Waals surface area contributed by atoms with Gasteiger partial charge in [0.25, 0.3) is 0 Å². The molecule has 7 N–H and O–H groups in total. The number of aromatic hydroxyl groups is 2. The maximum atomic E-state index is 12.3. The van der Waals surface area contributed by atoms with Gasteiger partial charge in [0, 0.05) is 5.57 Å². The predicted molar refractivity (Wildman–Crippen MR) is 122 cm³/mol. The van der Waals surface area contributed by atoms with Crippen LogP contribution in [0.1, 0.15) is 25.8 Å². The minimum absolute atomic E-state index is 0.0234. The Morgan fingerprint density at radius 1 is 1.09 bits per heavy atom. The molecule has 0 bridgehead atoms. The molecule has 0 radical (unpaired) electrons. The summed E-state index contributed by atoms with van der Waals surface area (Å²) >= 11 is 0. The molecular weight excluding hydrogens is 464 g/mol. The van der Waals surface area contributed by atoms with Crippen molar-refractivity contribution < 1.29 is 54.8 Å². The highest BCUT2D eigenvalue weighted by Gasteiger charge is 2.44. The third-order valence-corrected chi connectivity index (χ3v) is 5.67. The van der Waals surface area contributed by atoms with Crippen molar-refractivity contribution in [3.05, 3.63) is 47.1 Å². The summed E-state index contributed by atoms with van der Waals surface area (Å²) in [5.74, 6) is -1.26. The van der Waals surface area contributed by atoms with Gasteiger partial charge in [0.15, 0.2) is 17.8 Å². The van der Waals surface area contributed by atoms with Crippen LogP contribution in [-0.2, 0) is 25.4 Å². The standard InChI is InChI=1S/C24H34O11/c1-13(7-9-25)16(26)5-3-14(2)23(32)34-12-19-20(29)21(30)22(31)24(35-19)33-10-8-15-4-6-17(27)18(28)11-15/h3-4,6-7,11,16,19-22,24-31H,5,8-10,12H2,1-2H3/t16-,19-,20+,21-,22-,24-/m1/s1. The first-order valence-corrected chi connectivity index (χ1v) is 11.2. The summed E-state index contributed by atoms with van der Waals surface area (Å²) in [4.78, 5) is 12.3. The number of aliphatic hydroxyl groups is 5. The topological polar surface area (TPSA) is 186 Å². The van der Waals surface area contributed by atoms with Gasteiger partial charge in [-0.1, -0.05) is 18.2 Å². The van der Waals surface area contributed by atoms with Crippen LogP contribution in [-0.4, -0.2) is 98.3 Å². The number of hydrogen-bond donors (Lipinski definition) is 7. The number of hydrogen-bond acceptors (Lipinski definition) is 11. The van der Waals surface area contributed by atoms with Crippen molar-refractivity contribution in [3.63, 3.8) is 0 Å². The second kappa shape index (κ2) is 13.5. The summed E-state index contributed by atoms with van der Waals surface area (Å²) in [6, 6.07) is 4.26. The Labute approximate surface area is 203 Å². The van der Waals surface area contributed by atoms with Crippen molar-refractivity contribution in [3.8, 4) is 11.5 Å². The Bertz CT molecular complexity index is 897. The second-order valence-corrected chi connectivity index (χ2v) is 8.33. The molecule has 6 atom stereocenters. The highest BCUT2D eigenvalue weighted by atomic mass is 16.7. The maximum absolute atomic E-state index is 12.3. The zero-order valence-electron chi connectivity index (χ0n) is 19.6. The van der Waals surface area contributed by atoms with E-state index in [-0.39, 0.29) is 36.7 Å². The Morgan fingerprint density at radius 3 is 2.46 bits per heavy atom. The van der Waals surface area contributed by atoms with Crippen molar-refractivity contribution in [1.82, 2.24) is 0 Å². The van der Waals surface area contributed by atoms with E-state index in [1.54, 1.807) is 13.0 Å². The first-order valence-electron chi connectivity index (χ1n) is 11.2. The molecule has 1 saturated heterocycles. The van der Waals surface area contributed by atoms with Gasteiger partial charge in [0.2, 0.25) is 0 Å². The zero-order chi connectivity index (χ0) is 26.1. The van der Waals surface area contributed by atoms with Gasteiger partial charge in [-0.15, -0.1) is 0 Å². The lowest BCUT2D eigenvalue weighted by molar-refractivity contribution is -0.301. The molecule has 0 saturated carbocycles. The fourth-order valence-corrected chi connectivity index (χ4v) is 3.32. The van der Waals surface area contributed by atoms with E-state index in [2.05, 4.69) is 0 Å². The first-order chi connectivity index (χ1) is 16.5. The Kier molecular flexibility index (Phi) is 11.1. The van der Waals surface area contributed by atoms with Crippen LogP contribution in [0.15, 0.2) is 41.5 Å². The van der Waals surface area contributed by atoms with E-state index in [0.717, 1.165) is 0 Å². The summed E-state index contributed by atoms with van der Waals surface area (Å²) in [5.41, 5.74) is 1.41. The van der Waals surface area contributed by atoms with Crippen LogP contribution in [0.25, 0.3) is 0 Å². The summed E-state index contributed by atoms with van der Waals surface area (Å²) < 4.78 is 16.2. The normalized spacial score (nSPS) is 26.4. The molecule has 1 heterocycles. The molecular formula is C24H34O11. The third kappa shape index (κ3) is 8.29. The van der Waals surface area contributed by atoms with Crippen molar-refractivity contribution in [2.75, 3.05) is 19.8 Å². The van der Waals surface area contributed by atoms with Crippen LogP contribution in [0.2, 0.25) is 0 Å². The van der Waals surface area contributed by atoms with Crippen molar-refractivity contribution in [2.45, 2.75) is 63.5 Å². The molecule has 0 aromatic heterocycles. The zero-order valence-corrected chi connectivity index (χ0v) is 19.6. The summed E-state index contributed by atoms with van der Waals surface area (Å²) in [6.07, 6.45) is -4.69. The lowest BCUT2D eigenvalue weighted by atomic mass is 9.99. The van der Waals surface area contributed by atoms with Gasteiger partial charge in [-0.3, -0.25) is 0 Å². The number of rotatable bonds is 11. The quantitative estimate of drug-likeness (QED) is 0.0914. The van der Waals surface area contributed by atoms with Crippen LogP contribution in [0, 0.1) is 0 Å². The van der Waals surface area contributed by atoms with E-state index in [9.17, 15) is 35.4 Å². The van der Waals surface area contributed by atoms with Gasteiger partial charge in [-0.05, 0) is 50.0 Å². The van der Waals surface area contributed by atoms with Crippen molar-refractivity contribution in [2.24, 2.45) is 0 Å². The summed E-state index contributed by atoms with van der Waals surface area (Å²) in [6.45, 7) is 2.53. The lowest BCUT2D eigenvalue weighted by Gasteiger charge is -2.40. The Hall–Kier alpha value is -2.51. The largest absolute Gasteiger partial charge is 0.504 e. The minimum atomic E-state index is -1.61. The van der Waals surface area contributed by atoms with Crippen LogP contribution in [0.4, 0.5) is 0 Å². The molecule has 2 rings (SSSR count). The third-order valence-electron chi connectivity index (χ3n) is 5.67. The molecule has 1 aromatic carbocycles. The fourth-order valence-electron chi connectivity index (χ4n) is 3.32. The predicted octanol–water partition coefficient (Wildman–Crippen LogP) is -0.356. The van der Waals surface area contributed by atoms with Crippen molar-refractivity contribution in [1.29, 1.82) is 0 Å². The average Bonchev–Trinajstić information content (AvgIpc) is 2.83. The van der Waals surface area contributed by atoms with Crippen LogP contribution in [0.3, 0.4) is 0 Å². The molecule has 1 aromatic rings. The van der Waals surface area contributed by atoms with Crippen LogP contribution >= 0.6 is 0 Å². The highest BCUT2D eigenvalue weighted by molar-refractivity contribution is 5.87. The minimum Gasteiger partial charge on any atom is -0.504 e. The maximum Gasteiger partial charge on any atom is 0.333 e. The molecule has 0 unspecified atom stereocenters. The summed E-state index contributed by atoms with van der Waals surface area (Å²) in [5, 5.41) is 68.3. The summed E-state index contributed by atoms with van der Waals surface area (Å²) in [7, 11) is 0. The molecule has 11 nitrogen and oxygen atoms in total. The number of phenols is 2. The Morgan fingerprint density at radius 2 is 1.80 bits per heavy atom. The van der Waals surface area contributed by atoms with Gasteiger partial charge in [-0.2, -0.15) is 0 Å². The van der Waals surface area contributed by atoms with Gasteiger partial charge >= 0.3 is 5.97 Å². The average molecular weight is 499 g/mol. The molecule has 196 valence electrons. The number of ether oxygens (including phenoxy) is 3. The van der Waals surface area contributed by atoms with Crippen LogP contribution < -0.4 is 0 Å². The van der Waals surface area contributed by atoms with Gasteiger partial charge in [0.05, 0.1) is 19.3 Å². The molecule has 0 amide bonds. The molecule has 0 spiro atoms. The van der Waals surface area contributed by atoms with Crippen molar-refractivity contribution >= 4 is 5.97 Å². The van der Waals surface area contributed by atoms with Gasteiger partial charge < -0.3 is 50.0 Å².